The molecular formula is C12H17N3. The molecule has 0 unspecified atom stereocenters. The van der Waals surface area contributed by atoms with Crippen molar-refractivity contribution in [3.8, 4) is 0 Å². The van der Waals surface area contributed by atoms with Crippen LogP contribution in [0.2, 0.25) is 0 Å². The topological polar surface area (TPSA) is 43.0 Å². The molecule has 1 heterocycles. The molecule has 0 aliphatic carbocycles. The molecule has 3 nitrogen and oxygen atoms in total. The van der Waals surface area contributed by atoms with E-state index in [1.807, 2.05) is 19.2 Å². The largest absolute Gasteiger partial charge is 0.397 e. The van der Waals surface area contributed by atoms with E-state index in [1.54, 1.807) is 0 Å². The van der Waals surface area contributed by atoms with Crippen LogP contribution in [0, 0.1) is 0 Å². The first-order valence-electron chi connectivity index (χ1n) is 5.29. The maximum Gasteiger partial charge on any atom is 0.0716 e. The van der Waals surface area contributed by atoms with Gasteiger partial charge in [0, 0.05) is 24.2 Å². The molecule has 0 radical (unpaired) electrons. The van der Waals surface area contributed by atoms with Crippen LogP contribution in [-0.2, 0) is 13.1 Å². The van der Waals surface area contributed by atoms with E-state index in [4.69, 9.17) is 5.73 Å². The SMILES string of the molecule is CCn1c(CNC)cc2cccc(N)c21. The number of nitrogen functional groups attached to an aromatic ring is 1. The van der Waals surface area contributed by atoms with Crippen molar-refractivity contribution in [3.05, 3.63) is 30.0 Å². The minimum atomic E-state index is 0.858. The third-order valence-corrected chi connectivity index (χ3v) is 2.71. The first-order valence-corrected chi connectivity index (χ1v) is 5.29. The van der Waals surface area contributed by atoms with E-state index >= 15 is 0 Å². The van der Waals surface area contributed by atoms with Gasteiger partial charge in [0.1, 0.15) is 0 Å². The molecular weight excluding hydrogens is 186 g/mol. The van der Waals surface area contributed by atoms with E-state index < -0.39 is 0 Å². The molecule has 0 spiro atoms. The van der Waals surface area contributed by atoms with Gasteiger partial charge in [0.05, 0.1) is 11.2 Å². The van der Waals surface area contributed by atoms with Crippen molar-refractivity contribution in [2.45, 2.75) is 20.0 Å². The zero-order chi connectivity index (χ0) is 10.8. The number of nitrogens with two attached hydrogens (primary N) is 1. The minimum Gasteiger partial charge on any atom is -0.397 e. The van der Waals surface area contributed by atoms with Gasteiger partial charge < -0.3 is 15.6 Å². The van der Waals surface area contributed by atoms with Gasteiger partial charge in [-0.05, 0) is 26.1 Å². The zero-order valence-corrected chi connectivity index (χ0v) is 9.25. The number of nitrogens with one attached hydrogen (secondary N) is 1. The molecule has 15 heavy (non-hydrogen) atoms. The number of hydrogen-bond donors (Lipinski definition) is 2. The fraction of sp³-hybridized carbons (Fsp3) is 0.333. The van der Waals surface area contributed by atoms with Crippen LogP contribution in [-0.4, -0.2) is 11.6 Å². The summed E-state index contributed by atoms with van der Waals surface area (Å²) < 4.78 is 2.27. The Kier molecular flexibility index (Phi) is 2.64. The van der Waals surface area contributed by atoms with Crippen molar-refractivity contribution in [1.82, 2.24) is 9.88 Å². The maximum atomic E-state index is 6.00. The predicted molar refractivity (Wildman–Crippen MR) is 64.8 cm³/mol. The van der Waals surface area contributed by atoms with Gasteiger partial charge in [-0.15, -0.1) is 0 Å². The summed E-state index contributed by atoms with van der Waals surface area (Å²) in [5, 5.41) is 4.40. The second kappa shape index (κ2) is 3.95. The van der Waals surface area contributed by atoms with E-state index in [-0.39, 0.29) is 0 Å². The van der Waals surface area contributed by atoms with Gasteiger partial charge in [-0.1, -0.05) is 12.1 Å². The lowest BCUT2D eigenvalue weighted by atomic mass is 10.2. The number of hydrogen-bond acceptors (Lipinski definition) is 2. The number of rotatable bonds is 3. The molecule has 1 aromatic heterocycles. The summed E-state index contributed by atoms with van der Waals surface area (Å²) in [4.78, 5) is 0. The van der Waals surface area contributed by atoms with Crippen LogP contribution >= 0.6 is 0 Å². The number of nitrogens with zero attached hydrogens (tertiary/aromatic N) is 1. The van der Waals surface area contributed by atoms with Crippen LogP contribution in [0.3, 0.4) is 0 Å². The Balaban J connectivity index is 2.68. The van der Waals surface area contributed by atoms with Crippen LogP contribution in [0.15, 0.2) is 24.3 Å². The number of para-hydroxylation sites is 1. The molecule has 0 bridgehead atoms. The molecule has 0 aliphatic heterocycles. The van der Waals surface area contributed by atoms with Crippen LogP contribution in [0.4, 0.5) is 5.69 Å². The molecule has 1 aromatic carbocycles. The second-order valence-corrected chi connectivity index (χ2v) is 3.70. The van der Waals surface area contributed by atoms with E-state index in [1.165, 1.54) is 11.1 Å². The molecule has 0 saturated heterocycles. The van der Waals surface area contributed by atoms with Gasteiger partial charge in [0.15, 0.2) is 0 Å². The number of aryl methyl sites for hydroxylation is 1. The molecule has 3 N–H and O–H groups in total. The van der Waals surface area contributed by atoms with Gasteiger partial charge in [0.2, 0.25) is 0 Å². The summed E-state index contributed by atoms with van der Waals surface area (Å²) in [5.74, 6) is 0. The van der Waals surface area contributed by atoms with Crippen LogP contribution < -0.4 is 11.1 Å². The van der Waals surface area contributed by atoms with E-state index in [0.717, 1.165) is 24.3 Å². The third-order valence-electron chi connectivity index (χ3n) is 2.71. The molecule has 2 rings (SSSR count). The molecule has 2 aromatic rings. The number of benzene rings is 1. The summed E-state index contributed by atoms with van der Waals surface area (Å²) in [6, 6.07) is 8.27. The van der Waals surface area contributed by atoms with E-state index in [9.17, 15) is 0 Å². The fourth-order valence-electron chi connectivity index (χ4n) is 2.10. The van der Waals surface area contributed by atoms with Crippen LogP contribution in [0.25, 0.3) is 10.9 Å². The lowest BCUT2D eigenvalue weighted by Crippen LogP contribution is -2.10. The van der Waals surface area contributed by atoms with Gasteiger partial charge in [-0.25, -0.2) is 0 Å². The second-order valence-electron chi connectivity index (χ2n) is 3.70. The summed E-state index contributed by atoms with van der Waals surface area (Å²) >= 11 is 0. The highest BCUT2D eigenvalue weighted by molar-refractivity contribution is 5.91. The Morgan fingerprint density at radius 2 is 2.20 bits per heavy atom. The third kappa shape index (κ3) is 1.59. The van der Waals surface area contributed by atoms with E-state index in [2.05, 4.69) is 28.9 Å². The highest BCUT2D eigenvalue weighted by Gasteiger charge is 2.08. The van der Waals surface area contributed by atoms with Crippen molar-refractivity contribution < 1.29 is 0 Å². The highest BCUT2D eigenvalue weighted by atomic mass is 15.0. The first-order chi connectivity index (χ1) is 7.27. The lowest BCUT2D eigenvalue weighted by Gasteiger charge is -2.08. The first kappa shape index (κ1) is 10.1. The zero-order valence-electron chi connectivity index (χ0n) is 9.25. The summed E-state index contributed by atoms with van der Waals surface area (Å²) in [6.07, 6.45) is 0. The van der Waals surface area contributed by atoms with Gasteiger partial charge in [0.25, 0.3) is 0 Å². The lowest BCUT2D eigenvalue weighted by molar-refractivity contribution is 0.692. The van der Waals surface area contributed by atoms with Gasteiger partial charge in [-0.2, -0.15) is 0 Å². The van der Waals surface area contributed by atoms with Crippen molar-refractivity contribution in [2.75, 3.05) is 12.8 Å². The van der Waals surface area contributed by atoms with Gasteiger partial charge in [-0.3, -0.25) is 0 Å². The molecule has 0 amide bonds. The summed E-state index contributed by atoms with van der Waals surface area (Å²) in [5.41, 5.74) is 9.30. The quantitative estimate of drug-likeness (QED) is 0.749. The maximum absolute atomic E-state index is 6.00. The van der Waals surface area contributed by atoms with Gasteiger partial charge >= 0.3 is 0 Å². The van der Waals surface area contributed by atoms with Crippen molar-refractivity contribution >= 4 is 16.6 Å². The number of aromatic nitrogens is 1. The molecule has 3 heteroatoms. The Morgan fingerprint density at radius 1 is 1.40 bits per heavy atom. The Morgan fingerprint density at radius 3 is 2.87 bits per heavy atom. The Hall–Kier alpha value is -1.48. The Bertz CT molecular complexity index is 471. The fourth-order valence-corrected chi connectivity index (χ4v) is 2.10. The van der Waals surface area contributed by atoms with Crippen molar-refractivity contribution in [1.29, 1.82) is 0 Å². The standard InChI is InChI=1S/C12H17N3/c1-3-15-10(8-14-2)7-9-5-4-6-11(13)12(9)15/h4-7,14H,3,8,13H2,1-2H3. The van der Waals surface area contributed by atoms with Crippen molar-refractivity contribution in [2.24, 2.45) is 0 Å². The smallest absolute Gasteiger partial charge is 0.0716 e. The normalized spacial score (nSPS) is 11.1. The highest BCUT2D eigenvalue weighted by Crippen LogP contribution is 2.25. The molecule has 0 saturated carbocycles. The summed E-state index contributed by atoms with van der Waals surface area (Å²) in [6.45, 7) is 3.97. The summed E-state index contributed by atoms with van der Waals surface area (Å²) in [7, 11) is 1.96. The Labute approximate surface area is 89.9 Å². The monoisotopic (exact) mass is 203 g/mol. The van der Waals surface area contributed by atoms with Crippen LogP contribution in [0.5, 0.6) is 0 Å². The minimum absolute atomic E-state index is 0.858. The molecule has 0 fully saturated rings. The molecule has 0 atom stereocenters. The van der Waals surface area contributed by atoms with Crippen molar-refractivity contribution in [3.63, 3.8) is 0 Å². The average molecular weight is 203 g/mol. The number of anilines is 1. The van der Waals surface area contributed by atoms with E-state index in [0.29, 0.717) is 0 Å². The average Bonchev–Trinajstić information content (AvgIpc) is 2.57. The molecule has 0 aliphatic rings. The molecule has 80 valence electrons. The predicted octanol–water partition coefficient (Wildman–Crippen LogP) is 1.96. The van der Waals surface area contributed by atoms with Crippen LogP contribution in [0.1, 0.15) is 12.6 Å². The number of fused-ring (bicyclic) bond motifs is 1.